The average Bonchev–Trinajstić information content (AvgIpc) is 3.13. The summed E-state index contributed by atoms with van der Waals surface area (Å²) in [4.78, 5) is 24.6. The molecule has 1 heterocycles. The topological polar surface area (TPSA) is 76.7 Å². The first-order chi connectivity index (χ1) is 16.7. The van der Waals surface area contributed by atoms with Gasteiger partial charge < -0.3 is 20.1 Å². The second-order valence-electron chi connectivity index (χ2n) is 7.61. The number of para-hydroxylation sites is 1. The van der Waals surface area contributed by atoms with Crippen molar-refractivity contribution >= 4 is 34.8 Å². The minimum Gasteiger partial charge on any atom is -0.490 e. The van der Waals surface area contributed by atoms with E-state index in [4.69, 9.17) is 9.47 Å². The number of nitrogens with one attached hydrogen (secondary N) is 2. The van der Waals surface area contributed by atoms with Gasteiger partial charge in [-0.05, 0) is 55.0 Å². The molecule has 9 heteroatoms. The van der Waals surface area contributed by atoms with Crippen LogP contribution in [0.2, 0.25) is 0 Å². The fourth-order valence-corrected chi connectivity index (χ4v) is 3.56. The van der Waals surface area contributed by atoms with Gasteiger partial charge in [0.15, 0.2) is 18.1 Å². The molecule has 1 aliphatic heterocycles. The molecule has 0 bridgehead atoms. The zero-order valence-corrected chi connectivity index (χ0v) is 18.6. The van der Waals surface area contributed by atoms with Crippen LogP contribution >= 0.6 is 0 Å². The lowest BCUT2D eigenvalue weighted by Crippen LogP contribution is -2.20. The smallest absolute Gasteiger partial charge is 0.416 e. The lowest BCUT2D eigenvalue weighted by atomic mass is 10.0. The van der Waals surface area contributed by atoms with Gasteiger partial charge in [-0.1, -0.05) is 30.3 Å². The molecule has 2 amide bonds. The molecule has 0 aromatic heterocycles. The zero-order chi connectivity index (χ0) is 25.0. The van der Waals surface area contributed by atoms with Crippen LogP contribution in [0.4, 0.5) is 24.5 Å². The third-order valence-electron chi connectivity index (χ3n) is 5.12. The molecule has 3 aromatic carbocycles. The van der Waals surface area contributed by atoms with Gasteiger partial charge in [-0.25, -0.2) is 0 Å². The van der Waals surface area contributed by atoms with E-state index in [9.17, 15) is 22.8 Å². The number of hydrogen-bond donors (Lipinski definition) is 2. The molecule has 0 unspecified atom stereocenters. The number of carbonyl (C=O) groups is 2. The van der Waals surface area contributed by atoms with E-state index in [1.54, 1.807) is 31.2 Å². The number of ether oxygens (including phenoxy) is 2. The van der Waals surface area contributed by atoms with Crippen molar-refractivity contribution in [3.8, 4) is 11.5 Å². The normalized spacial score (nSPS) is 13.8. The van der Waals surface area contributed by atoms with Crippen molar-refractivity contribution in [3.63, 3.8) is 0 Å². The second kappa shape index (κ2) is 9.92. The van der Waals surface area contributed by atoms with Crippen molar-refractivity contribution in [1.29, 1.82) is 0 Å². The third kappa shape index (κ3) is 5.63. The monoisotopic (exact) mass is 482 g/mol. The van der Waals surface area contributed by atoms with Crippen molar-refractivity contribution in [2.45, 2.75) is 13.1 Å². The summed E-state index contributed by atoms with van der Waals surface area (Å²) in [7, 11) is 0. The van der Waals surface area contributed by atoms with Crippen LogP contribution in [0.1, 0.15) is 23.6 Å². The van der Waals surface area contributed by atoms with Gasteiger partial charge >= 0.3 is 6.18 Å². The Balaban J connectivity index is 1.47. The minimum absolute atomic E-state index is 0.00977. The van der Waals surface area contributed by atoms with Gasteiger partial charge in [0.25, 0.3) is 11.8 Å². The standard InChI is InChI=1S/C26H21F3N2O4/c1-2-34-23-13-16(12-20-19-8-3-4-9-21(19)31-25(20)33)10-11-22(23)35-15-24(32)30-18-7-5-6-17(14-18)26(27,28)29/h3-14H,2,15H2,1H3,(H,30,32)(H,31,33). The summed E-state index contributed by atoms with van der Waals surface area (Å²) in [5.41, 5.74) is 1.88. The number of fused-ring (bicyclic) bond motifs is 1. The Morgan fingerprint density at radius 3 is 2.57 bits per heavy atom. The summed E-state index contributed by atoms with van der Waals surface area (Å²) >= 11 is 0. The molecule has 35 heavy (non-hydrogen) atoms. The van der Waals surface area contributed by atoms with E-state index >= 15 is 0 Å². The van der Waals surface area contributed by atoms with E-state index in [0.717, 1.165) is 23.4 Å². The Labute approximate surface area is 199 Å². The molecular formula is C26H21F3N2O4. The number of amides is 2. The van der Waals surface area contributed by atoms with Gasteiger partial charge in [-0.2, -0.15) is 13.2 Å². The summed E-state index contributed by atoms with van der Waals surface area (Å²) < 4.78 is 49.8. The molecule has 0 atom stereocenters. The molecule has 0 aliphatic carbocycles. The van der Waals surface area contributed by atoms with Gasteiger partial charge in [-0.3, -0.25) is 9.59 Å². The fourth-order valence-electron chi connectivity index (χ4n) is 3.56. The molecule has 1 aliphatic rings. The van der Waals surface area contributed by atoms with Crippen LogP contribution in [-0.4, -0.2) is 25.0 Å². The number of halogens is 3. The predicted octanol–water partition coefficient (Wildman–Crippen LogP) is 5.61. The first-order valence-corrected chi connectivity index (χ1v) is 10.7. The highest BCUT2D eigenvalue weighted by Crippen LogP contribution is 2.35. The fraction of sp³-hybridized carbons (Fsp3) is 0.154. The summed E-state index contributed by atoms with van der Waals surface area (Å²) in [6, 6.07) is 16.7. The Morgan fingerprint density at radius 1 is 1.00 bits per heavy atom. The van der Waals surface area contributed by atoms with Crippen LogP contribution in [-0.2, 0) is 15.8 Å². The Morgan fingerprint density at radius 2 is 1.80 bits per heavy atom. The zero-order valence-electron chi connectivity index (χ0n) is 18.6. The molecular weight excluding hydrogens is 461 g/mol. The van der Waals surface area contributed by atoms with Crippen LogP contribution in [0.25, 0.3) is 11.6 Å². The molecule has 0 radical (unpaired) electrons. The highest BCUT2D eigenvalue weighted by molar-refractivity contribution is 6.34. The van der Waals surface area contributed by atoms with Crippen molar-refractivity contribution in [2.75, 3.05) is 23.8 Å². The van der Waals surface area contributed by atoms with Gasteiger partial charge in [0.2, 0.25) is 0 Å². The molecule has 2 N–H and O–H groups in total. The molecule has 0 saturated carbocycles. The van der Waals surface area contributed by atoms with Gasteiger partial charge in [-0.15, -0.1) is 0 Å². The third-order valence-corrected chi connectivity index (χ3v) is 5.12. The van der Waals surface area contributed by atoms with E-state index in [1.807, 2.05) is 24.3 Å². The van der Waals surface area contributed by atoms with Crippen molar-refractivity contribution in [3.05, 3.63) is 83.4 Å². The number of benzene rings is 3. The molecule has 6 nitrogen and oxygen atoms in total. The molecule has 0 fully saturated rings. The molecule has 180 valence electrons. The second-order valence-corrected chi connectivity index (χ2v) is 7.61. The van der Waals surface area contributed by atoms with Gasteiger partial charge in [0, 0.05) is 22.5 Å². The average molecular weight is 482 g/mol. The van der Waals surface area contributed by atoms with Crippen LogP contribution < -0.4 is 20.1 Å². The highest BCUT2D eigenvalue weighted by atomic mass is 19.4. The lowest BCUT2D eigenvalue weighted by Gasteiger charge is -2.13. The molecule has 3 aromatic rings. The molecule has 4 rings (SSSR count). The maximum Gasteiger partial charge on any atom is 0.416 e. The lowest BCUT2D eigenvalue weighted by molar-refractivity contribution is -0.137. The SMILES string of the molecule is CCOc1cc(C=C2C(=O)Nc3ccccc32)ccc1OCC(=O)Nc1cccc(C(F)(F)F)c1. The Kier molecular flexibility index (Phi) is 6.77. The minimum atomic E-state index is -4.51. The quantitative estimate of drug-likeness (QED) is 0.429. The number of rotatable bonds is 7. The maximum atomic E-state index is 12.9. The van der Waals surface area contributed by atoms with E-state index in [1.165, 1.54) is 12.1 Å². The summed E-state index contributed by atoms with van der Waals surface area (Å²) in [6.07, 6.45) is -2.78. The number of anilines is 2. The van der Waals surface area contributed by atoms with Crippen LogP contribution in [0.15, 0.2) is 66.7 Å². The van der Waals surface area contributed by atoms with E-state index < -0.39 is 24.3 Å². The molecule has 0 spiro atoms. The first-order valence-electron chi connectivity index (χ1n) is 10.7. The van der Waals surface area contributed by atoms with E-state index in [0.29, 0.717) is 23.5 Å². The Hall–Kier alpha value is -4.27. The van der Waals surface area contributed by atoms with E-state index in [2.05, 4.69) is 10.6 Å². The summed E-state index contributed by atoms with van der Waals surface area (Å²) in [5, 5.41) is 5.20. The number of hydrogen-bond acceptors (Lipinski definition) is 4. The Bertz CT molecular complexity index is 1300. The van der Waals surface area contributed by atoms with Gasteiger partial charge in [0.1, 0.15) is 0 Å². The predicted molar refractivity (Wildman–Crippen MR) is 126 cm³/mol. The maximum absolute atomic E-state index is 12.9. The van der Waals surface area contributed by atoms with Crippen LogP contribution in [0.5, 0.6) is 11.5 Å². The number of alkyl halides is 3. The van der Waals surface area contributed by atoms with Crippen LogP contribution in [0.3, 0.4) is 0 Å². The largest absolute Gasteiger partial charge is 0.490 e. The first kappa shape index (κ1) is 23.9. The van der Waals surface area contributed by atoms with Gasteiger partial charge in [0.05, 0.1) is 12.2 Å². The summed E-state index contributed by atoms with van der Waals surface area (Å²) in [6.45, 7) is 1.68. The van der Waals surface area contributed by atoms with Crippen molar-refractivity contribution < 1.29 is 32.2 Å². The van der Waals surface area contributed by atoms with Crippen molar-refractivity contribution in [2.24, 2.45) is 0 Å². The summed E-state index contributed by atoms with van der Waals surface area (Å²) in [5.74, 6) is -0.196. The van der Waals surface area contributed by atoms with Crippen molar-refractivity contribution in [1.82, 2.24) is 0 Å². The highest BCUT2D eigenvalue weighted by Gasteiger charge is 2.30. The number of carbonyl (C=O) groups excluding carboxylic acids is 2. The van der Waals surface area contributed by atoms with E-state index in [-0.39, 0.29) is 17.3 Å². The van der Waals surface area contributed by atoms with Crippen LogP contribution in [0, 0.1) is 0 Å². The molecule has 0 saturated heterocycles.